The van der Waals surface area contributed by atoms with Crippen LogP contribution in [-0.2, 0) is 0 Å². The molecule has 1 unspecified atom stereocenters. The first-order valence-electron chi connectivity index (χ1n) is 5.73. The highest BCUT2D eigenvalue weighted by Gasteiger charge is 2.30. The van der Waals surface area contributed by atoms with Gasteiger partial charge in [-0.3, -0.25) is 0 Å². The van der Waals surface area contributed by atoms with E-state index in [0.717, 1.165) is 21.5 Å². The zero-order chi connectivity index (χ0) is 12.4. The molecule has 1 aromatic carbocycles. The molecule has 1 aliphatic carbocycles. The third-order valence-electron chi connectivity index (χ3n) is 3.38. The van der Waals surface area contributed by atoms with Crippen molar-refractivity contribution in [1.29, 1.82) is 0 Å². The summed E-state index contributed by atoms with van der Waals surface area (Å²) >= 11 is 10.0. The normalized spacial score (nSPS) is 17.4. The molecule has 0 N–H and O–H groups in total. The number of hydrogen-bond acceptors (Lipinski definition) is 2. The van der Waals surface area contributed by atoms with Gasteiger partial charge in [-0.15, -0.1) is 11.6 Å². The Balaban J connectivity index is 2.35. The average Bonchev–Trinajstić information content (AvgIpc) is 2.26. The summed E-state index contributed by atoms with van der Waals surface area (Å²) in [5, 5.41) is 0.0286. The second kappa shape index (κ2) is 5.49. The van der Waals surface area contributed by atoms with Crippen molar-refractivity contribution < 1.29 is 9.47 Å². The SMILES string of the molecule is COc1ccc(C(Cl)C2CCC2)c(OC)c1Br. The summed E-state index contributed by atoms with van der Waals surface area (Å²) in [6, 6.07) is 3.92. The van der Waals surface area contributed by atoms with Crippen LogP contribution < -0.4 is 9.47 Å². The molecule has 0 saturated heterocycles. The maximum atomic E-state index is 6.52. The summed E-state index contributed by atoms with van der Waals surface area (Å²) in [6.45, 7) is 0. The largest absolute Gasteiger partial charge is 0.495 e. The Labute approximate surface area is 115 Å². The molecule has 0 bridgehead atoms. The Kier molecular flexibility index (Phi) is 4.21. The van der Waals surface area contributed by atoms with Gasteiger partial charge in [0.15, 0.2) is 0 Å². The molecular weight excluding hydrogens is 303 g/mol. The predicted molar refractivity (Wildman–Crippen MR) is 73.2 cm³/mol. The first kappa shape index (κ1) is 13.0. The smallest absolute Gasteiger partial charge is 0.141 e. The van der Waals surface area contributed by atoms with Crippen molar-refractivity contribution in [2.45, 2.75) is 24.6 Å². The summed E-state index contributed by atoms with van der Waals surface area (Å²) in [4.78, 5) is 0. The van der Waals surface area contributed by atoms with Crippen LogP contribution in [0.3, 0.4) is 0 Å². The van der Waals surface area contributed by atoms with Crippen molar-refractivity contribution in [1.82, 2.24) is 0 Å². The topological polar surface area (TPSA) is 18.5 Å². The minimum absolute atomic E-state index is 0.0286. The molecule has 4 heteroatoms. The highest BCUT2D eigenvalue weighted by Crippen LogP contribution is 2.48. The van der Waals surface area contributed by atoms with Crippen LogP contribution in [0, 0.1) is 5.92 Å². The lowest BCUT2D eigenvalue weighted by atomic mass is 9.80. The molecule has 0 amide bonds. The number of ether oxygens (including phenoxy) is 2. The van der Waals surface area contributed by atoms with Gasteiger partial charge in [0, 0.05) is 5.56 Å². The third-order valence-corrected chi connectivity index (χ3v) is 4.72. The van der Waals surface area contributed by atoms with Gasteiger partial charge in [-0.1, -0.05) is 12.5 Å². The van der Waals surface area contributed by atoms with Gasteiger partial charge >= 0.3 is 0 Å². The number of halogens is 2. The average molecular weight is 320 g/mol. The molecule has 0 aliphatic heterocycles. The molecule has 0 aromatic heterocycles. The van der Waals surface area contributed by atoms with Gasteiger partial charge < -0.3 is 9.47 Å². The van der Waals surface area contributed by atoms with Crippen LogP contribution in [0.15, 0.2) is 16.6 Å². The number of methoxy groups -OCH3 is 2. The zero-order valence-corrected chi connectivity index (χ0v) is 12.3. The lowest BCUT2D eigenvalue weighted by Crippen LogP contribution is -2.17. The first-order chi connectivity index (χ1) is 8.19. The molecular formula is C13H16BrClO2. The fourth-order valence-corrected chi connectivity index (χ4v) is 3.23. The van der Waals surface area contributed by atoms with Gasteiger partial charge in [0.25, 0.3) is 0 Å². The number of rotatable bonds is 4. The van der Waals surface area contributed by atoms with E-state index in [2.05, 4.69) is 15.9 Å². The Morgan fingerprint density at radius 2 is 2.00 bits per heavy atom. The molecule has 0 spiro atoms. The molecule has 1 saturated carbocycles. The fourth-order valence-electron chi connectivity index (χ4n) is 2.12. The molecule has 0 heterocycles. The van der Waals surface area contributed by atoms with E-state index in [1.54, 1.807) is 14.2 Å². The summed E-state index contributed by atoms with van der Waals surface area (Å²) in [6.07, 6.45) is 3.70. The quantitative estimate of drug-likeness (QED) is 0.758. The van der Waals surface area contributed by atoms with Crippen LogP contribution in [0.2, 0.25) is 0 Å². The monoisotopic (exact) mass is 318 g/mol. The van der Waals surface area contributed by atoms with E-state index in [-0.39, 0.29) is 5.38 Å². The van der Waals surface area contributed by atoms with Gasteiger partial charge in [-0.2, -0.15) is 0 Å². The van der Waals surface area contributed by atoms with Gasteiger partial charge in [0.2, 0.25) is 0 Å². The molecule has 0 radical (unpaired) electrons. The molecule has 17 heavy (non-hydrogen) atoms. The van der Waals surface area contributed by atoms with E-state index >= 15 is 0 Å². The summed E-state index contributed by atoms with van der Waals surface area (Å²) in [7, 11) is 3.30. The van der Waals surface area contributed by atoms with Crippen molar-refractivity contribution in [2.75, 3.05) is 14.2 Å². The van der Waals surface area contributed by atoms with E-state index in [1.807, 2.05) is 12.1 Å². The minimum Gasteiger partial charge on any atom is -0.495 e. The van der Waals surface area contributed by atoms with Crippen molar-refractivity contribution in [3.63, 3.8) is 0 Å². The van der Waals surface area contributed by atoms with Gasteiger partial charge in [0.05, 0.1) is 19.6 Å². The highest BCUT2D eigenvalue weighted by molar-refractivity contribution is 9.10. The molecule has 1 aromatic rings. The van der Waals surface area contributed by atoms with E-state index in [4.69, 9.17) is 21.1 Å². The van der Waals surface area contributed by atoms with Crippen LogP contribution in [-0.4, -0.2) is 14.2 Å². The van der Waals surface area contributed by atoms with E-state index in [9.17, 15) is 0 Å². The van der Waals surface area contributed by atoms with E-state index in [1.165, 1.54) is 19.3 Å². The second-order valence-electron chi connectivity index (χ2n) is 4.30. The summed E-state index contributed by atoms with van der Waals surface area (Å²) in [5.74, 6) is 2.13. The molecule has 1 aliphatic rings. The summed E-state index contributed by atoms with van der Waals surface area (Å²) in [5.41, 5.74) is 1.05. The zero-order valence-electron chi connectivity index (χ0n) is 10.0. The Morgan fingerprint density at radius 1 is 1.29 bits per heavy atom. The predicted octanol–water partition coefficient (Wildman–Crippen LogP) is 4.55. The van der Waals surface area contributed by atoms with Gasteiger partial charge in [0.1, 0.15) is 16.0 Å². The fraction of sp³-hybridized carbons (Fsp3) is 0.538. The van der Waals surface area contributed by atoms with Crippen molar-refractivity contribution in [3.8, 4) is 11.5 Å². The molecule has 1 atom stereocenters. The Hall–Kier alpha value is -0.410. The van der Waals surface area contributed by atoms with E-state index in [0.29, 0.717) is 5.92 Å². The highest BCUT2D eigenvalue weighted by atomic mass is 79.9. The van der Waals surface area contributed by atoms with E-state index < -0.39 is 0 Å². The van der Waals surface area contributed by atoms with Gasteiger partial charge in [-0.25, -0.2) is 0 Å². The van der Waals surface area contributed by atoms with Crippen LogP contribution in [0.5, 0.6) is 11.5 Å². The van der Waals surface area contributed by atoms with Crippen LogP contribution in [0.25, 0.3) is 0 Å². The maximum Gasteiger partial charge on any atom is 0.141 e. The maximum absolute atomic E-state index is 6.52. The number of hydrogen-bond donors (Lipinski definition) is 0. The Morgan fingerprint density at radius 3 is 2.47 bits per heavy atom. The lowest BCUT2D eigenvalue weighted by Gasteiger charge is -2.31. The Bertz CT molecular complexity index is 405. The standard InChI is InChI=1S/C13H16BrClO2/c1-16-10-7-6-9(13(17-2)11(10)14)12(15)8-4-3-5-8/h6-8,12H,3-5H2,1-2H3. The summed E-state index contributed by atoms with van der Waals surface area (Å²) < 4.78 is 11.5. The van der Waals surface area contributed by atoms with Crippen molar-refractivity contribution in [2.24, 2.45) is 5.92 Å². The second-order valence-corrected chi connectivity index (χ2v) is 5.56. The molecule has 2 rings (SSSR count). The molecule has 94 valence electrons. The number of alkyl halides is 1. The lowest BCUT2D eigenvalue weighted by molar-refractivity contribution is 0.299. The first-order valence-corrected chi connectivity index (χ1v) is 6.96. The minimum atomic E-state index is 0.0286. The van der Waals surface area contributed by atoms with Crippen LogP contribution in [0.4, 0.5) is 0 Å². The molecule has 1 fully saturated rings. The third kappa shape index (κ3) is 2.41. The van der Waals surface area contributed by atoms with Crippen molar-refractivity contribution in [3.05, 3.63) is 22.2 Å². The van der Waals surface area contributed by atoms with Crippen molar-refractivity contribution >= 4 is 27.5 Å². The number of benzene rings is 1. The van der Waals surface area contributed by atoms with Crippen LogP contribution in [0.1, 0.15) is 30.2 Å². The molecule has 2 nitrogen and oxygen atoms in total. The van der Waals surface area contributed by atoms with Crippen LogP contribution >= 0.6 is 27.5 Å². The van der Waals surface area contributed by atoms with Gasteiger partial charge in [-0.05, 0) is 40.8 Å².